The van der Waals surface area contributed by atoms with Crippen LogP contribution in [0.3, 0.4) is 0 Å². The van der Waals surface area contributed by atoms with Crippen molar-refractivity contribution < 1.29 is 4.79 Å². The van der Waals surface area contributed by atoms with Crippen LogP contribution in [0.1, 0.15) is 24.1 Å². The molecule has 0 aliphatic rings. The molecule has 21 heavy (non-hydrogen) atoms. The highest BCUT2D eigenvalue weighted by Gasteiger charge is 2.21. The Morgan fingerprint density at radius 1 is 1.33 bits per heavy atom. The van der Waals surface area contributed by atoms with Gasteiger partial charge in [0.1, 0.15) is 5.82 Å². The van der Waals surface area contributed by atoms with Crippen molar-refractivity contribution in [1.82, 2.24) is 24.7 Å². The molecule has 0 saturated heterocycles. The SMILES string of the molecule is Cc1nn(C)c(C)c1NC(=O)[C@H](C)Sc1nnc(C)n1N. The third kappa shape index (κ3) is 3.02. The number of nitrogens with zero attached hydrogens (tertiary/aromatic N) is 5. The lowest BCUT2D eigenvalue weighted by Crippen LogP contribution is -2.24. The van der Waals surface area contributed by atoms with Crippen LogP contribution in [-0.4, -0.2) is 35.8 Å². The van der Waals surface area contributed by atoms with Gasteiger partial charge in [0.05, 0.1) is 22.3 Å². The van der Waals surface area contributed by atoms with E-state index in [1.807, 2.05) is 20.9 Å². The molecule has 2 rings (SSSR count). The van der Waals surface area contributed by atoms with Gasteiger partial charge in [0.25, 0.3) is 0 Å². The summed E-state index contributed by atoms with van der Waals surface area (Å²) in [6.45, 7) is 7.32. The minimum Gasteiger partial charge on any atom is -0.336 e. The molecule has 1 atom stereocenters. The standard InChI is InChI=1S/C12H19N7OS/c1-6-10(7(2)18(5)17-6)14-11(20)8(3)21-12-16-15-9(4)19(12)13/h8H,13H2,1-5H3,(H,14,20)/t8-/m0/s1. The van der Waals surface area contributed by atoms with E-state index in [-0.39, 0.29) is 11.2 Å². The Morgan fingerprint density at radius 2 is 2.00 bits per heavy atom. The van der Waals surface area contributed by atoms with E-state index in [0.29, 0.717) is 11.0 Å². The van der Waals surface area contributed by atoms with Crippen molar-refractivity contribution in [3.8, 4) is 0 Å². The maximum Gasteiger partial charge on any atom is 0.237 e. The fraction of sp³-hybridized carbons (Fsp3) is 0.500. The zero-order valence-electron chi connectivity index (χ0n) is 12.7. The molecule has 0 radical (unpaired) electrons. The first-order valence-electron chi connectivity index (χ1n) is 6.46. The van der Waals surface area contributed by atoms with Crippen LogP contribution in [-0.2, 0) is 11.8 Å². The Balaban J connectivity index is 2.08. The summed E-state index contributed by atoms with van der Waals surface area (Å²) in [5.74, 6) is 6.26. The number of aromatic nitrogens is 5. The van der Waals surface area contributed by atoms with Crippen LogP contribution in [0.25, 0.3) is 0 Å². The maximum atomic E-state index is 12.3. The predicted molar refractivity (Wildman–Crippen MR) is 81.5 cm³/mol. The summed E-state index contributed by atoms with van der Waals surface area (Å²) in [4.78, 5) is 12.3. The molecule has 0 unspecified atom stereocenters. The maximum absolute atomic E-state index is 12.3. The fourth-order valence-corrected chi connectivity index (χ4v) is 2.64. The normalized spacial score (nSPS) is 12.4. The van der Waals surface area contributed by atoms with E-state index in [4.69, 9.17) is 5.84 Å². The number of hydrogen-bond donors (Lipinski definition) is 2. The second kappa shape index (κ2) is 5.76. The molecule has 9 heteroatoms. The fourth-order valence-electron chi connectivity index (χ4n) is 1.82. The molecule has 2 aromatic rings. The molecule has 0 bridgehead atoms. The Labute approximate surface area is 127 Å². The highest BCUT2D eigenvalue weighted by molar-refractivity contribution is 8.00. The van der Waals surface area contributed by atoms with Crippen LogP contribution in [0, 0.1) is 20.8 Å². The predicted octanol–water partition coefficient (Wildman–Crippen LogP) is 0.770. The van der Waals surface area contributed by atoms with Crippen LogP contribution in [0.15, 0.2) is 5.16 Å². The molecule has 0 spiro atoms. The van der Waals surface area contributed by atoms with Crippen LogP contribution in [0.2, 0.25) is 0 Å². The molecule has 0 aromatic carbocycles. The zero-order chi connectivity index (χ0) is 15.7. The molecule has 2 aromatic heterocycles. The molecular weight excluding hydrogens is 290 g/mol. The second-order valence-corrected chi connectivity index (χ2v) is 6.13. The van der Waals surface area contributed by atoms with Gasteiger partial charge < -0.3 is 11.2 Å². The van der Waals surface area contributed by atoms with Gasteiger partial charge in [-0.3, -0.25) is 9.48 Å². The van der Waals surface area contributed by atoms with Gasteiger partial charge in [-0.05, 0) is 27.7 Å². The van der Waals surface area contributed by atoms with Crippen molar-refractivity contribution in [2.45, 2.75) is 38.1 Å². The van der Waals surface area contributed by atoms with Crippen molar-refractivity contribution in [3.05, 3.63) is 17.2 Å². The average molecular weight is 309 g/mol. The van der Waals surface area contributed by atoms with Gasteiger partial charge >= 0.3 is 0 Å². The molecule has 3 N–H and O–H groups in total. The number of amides is 1. The number of anilines is 1. The number of thioether (sulfide) groups is 1. The largest absolute Gasteiger partial charge is 0.336 e. The number of carbonyl (C=O) groups is 1. The van der Waals surface area contributed by atoms with Crippen molar-refractivity contribution in [1.29, 1.82) is 0 Å². The van der Waals surface area contributed by atoms with Crippen LogP contribution in [0.5, 0.6) is 0 Å². The number of aryl methyl sites for hydroxylation is 3. The van der Waals surface area contributed by atoms with E-state index in [1.54, 1.807) is 18.5 Å². The van der Waals surface area contributed by atoms with Gasteiger partial charge in [-0.1, -0.05) is 11.8 Å². The Morgan fingerprint density at radius 3 is 2.48 bits per heavy atom. The summed E-state index contributed by atoms with van der Waals surface area (Å²) in [7, 11) is 1.84. The number of nitrogen functional groups attached to an aromatic ring is 1. The first kappa shape index (κ1) is 15.4. The summed E-state index contributed by atoms with van der Waals surface area (Å²) in [5, 5.41) is 15.1. The Hall–Kier alpha value is -2.03. The van der Waals surface area contributed by atoms with Crippen molar-refractivity contribution in [2.75, 3.05) is 11.2 Å². The number of nitrogens with two attached hydrogens (primary N) is 1. The average Bonchev–Trinajstić information content (AvgIpc) is 2.86. The zero-order valence-corrected chi connectivity index (χ0v) is 13.5. The first-order chi connectivity index (χ1) is 9.81. The van der Waals surface area contributed by atoms with Crippen LogP contribution in [0.4, 0.5) is 5.69 Å². The third-order valence-electron chi connectivity index (χ3n) is 3.24. The highest BCUT2D eigenvalue weighted by atomic mass is 32.2. The van der Waals surface area contributed by atoms with E-state index in [2.05, 4.69) is 20.6 Å². The number of rotatable bonds is 4. The Bertz CT molecular complexity index is 675. The molecule has 8 nitrogen and oxygen atoms in total. The van der Waals surface area contributed by atoms with Crippen LogP contribution < -0.4 is 11.2 Å². The van der Waals surface area contributed by atoms with E-state index >= 15 is 0 Å². The molecule has 0 aliphatic heterocycles. The summed E-state index contributed by atoms with van der Waals surface area (Å²) in [6, 6.07) is 0. The van der Waals surface area contributed by atoms with Crippen molar-refractivity contribution >= 4 is 23.4 Å². The van der Waals surface area contributed by atoms with E-state index in [1.165, 1.54) is 16.4 Å². The smallest absolute Gasteiger partial charge is 0.237 e. The minimum atomic E-state index is -0.352. The summed E-state index contributed by atoms with van der Waals surface area (Å²) in [5.41, 5.74) is 2.45. The number of nitrogens with one attached hydrogen (secondary N) is 1. The van der Waals surface area contributed by atoms with Crippen LogP contribution >= 0.6 is 11.8 Å². The quantitative estimate of drug-likeness (QED) is 0.638. The van der Waals surface area contributed by atoms with E-state index in [9.17, 15) is 4.79 Å². The van der Waals surface area contributed by atoms with Gasteiger partial charge in [0.2, 0.25) is 11.1 Å². The van der Waals surface area contributed by atoms with Crippen molar-refractivity contribution in [3.63, 3.8) is 0 Å². The molecular formula is C12H19N7OS. The molecule has 2 heterocycles. The highest BCUT2D eigenvalue weighted by Crippen LogP contribution is 2.24. The molecule has 0 saturated carbocycles. The second-order valence-electron chi connectivity index (χ2n) is 4.82. The minimum absolute atomic E-state index is 0.125. The van der Waals surface area contributed by atoms with E-state index < -0.39 is 0 Å². The third-order valence-corrected chi connectivity index (χ3v) is 4.30. The summed E-state index contributed by atoms with van der Waals surface area (Å²) in [6.07, 6.45) is 0. The topological polar surface area (TPSA) is 104 Å². The van der Waals surface area contributed by atoms with Crippen molar-refractivity contribution in [2.24, 2.45) is 7.05 Å². The monoisotopic (exact) mass is 309 g/mol. The van der Waals surface area contributed by atoms with Gasteiger partial charge in [-0.25, -0.2) is 4.68 Å². The molecule has 1 amide bonds. The lowest BCUT2D eigenvalue weighted by molar-refractivity contribution is -0.115. The molecule has 114 valence electrons. The summed E-state index contributed by atoms with van der Waals surface area (Å²) < 4.78 is 3.11. The lowest BCUT2D eigenvalue weighted by atomic mass is 10.3. The lowest BCUT2D eigenvalue weighted by Gasteiger charge is -2.11. The number of hydrogen-bond acceptors (Lipinski definition) is 6. The Kier molecular flexibility index (Phi) is 4.21. The van der Waals surface area contributed by atoms with E-state index in [0.717, 1.165) is 17.1 Å². The summed E-state index contributed by atoms with van der Waals surface area (Å²) >= 11 is 1.26. The number of carbonyl (C=O) groups excluding carboxylic acids is 1. The van der Waals surface area contributed by atoms with Gasteiger partial charge in [0, 0.05) is 7.05 Å². The molecule has 0 fully saturated rings. The first-order valence-corrected chi connectivity index (χ1v) is 7.34. The molecule has 0 aliphatic carbocycles. The van der Waals surface area contributed by atoms with Gasteiger partial charge in [-0.15, -0.1) is 10.2 Å². The van der Waals surface area contributed by atoms with Gasteiger partial charge in [-0.2, -0.15) is 5.10 Å². The van der Waals surface area contributed by atoms with Gasteiger partial charge in [0.15, 0.2) is 0 Å².